The van der Waals surface area contributed by atoms with Crippen LogP contribution in [-0.2, 0) is 4.74 Å². The van der Waals surface area contributed by atoms with E-state index in [0.29, 0.717) is 18.8 Å². The summed E-state index contributed by atoms with van der Waals surface area (Å²) in [5, 5.41) is 3.06. The third kappa shape index (κ3) is 7.18. The maximum atomic E-state index is 12.4. The molecule has 0 aromatic heterocycles. The van der Waals surface area contributed by atoms with Gasteiger partial charge in [-0.15, -0.1) is 0 Å². The van der Waals surface area contributed by atoms with E-state index in [1.54, 1.807) is 30.3 Å². The van der Waals surface area contributed by atoms with Gasteiger partial charge < -0.3 is 14.8 Å². The van der Waals surface area contributed by atoms with Gasteiger partial charge in [-0.1, -0.05) is 19.6 Å². The molecule has 24 heavy (non-hydrogen) atoms. The van der Waals surface area contributed by atoms with Crippen LogP contribution in [0.4, 0.5) is 0 Å². The largest absolute Gasteiger partial charge is 0.490 e. The maximum absolute atomic E-state index is 12.4. The van der Waals surface area contributed by atoms with E-state index in [4.69, 9.17) is 9.47 Å². The van der Waals surface area contributed by atoms with E-state index in [1.807, 2.05) is 13.8 Å². The van der Waals surface area contributed by atoms with Crippen molar-refractivity contribution in [2.45, 2.75) is 58.6 Å². The van der Waals surface area contributed by atoms with E-state index in [0.717, 1.165) is 18.6 Å². The lowest BCUT2D eigenvalue weighted by atomic mass is 10.00. The van der Waals surface area contributed by atoms with Crippen molar-refractivity contribution in [2.75, 3.05) is 13.2 Å². The summed E-state index contributed by atoms with van der Waals surface area (Å²) in [5.74, 6) is 0.630. The topological polar surface area (TPSA) is 47.6 Å². The molecule has 0 fully saturated rings. The molecule has 0 unspecified atom stereocenters. The Balaban J connectivity index is 2.54. The standard InChI is InChI=1S/C20H31NO3/c1-7-14-23-17-11-9-16(10-12-17)18(22)21-19(3,4)13-15-24-20(5,6)8-2/h7,9-12H,1,8,13-15H2,2-6H3,(H,21,22). The predicted octanol–water partition coefficient (Wildman–Crippen LogP) is 4.36. The van der Waals surface area contributed by atoms with Gasteiger partial charge in [-0.05, 0) is 64.8 Å². The van der Waals surface area contributed by atoms with Crippen molar-refractivity contribution in [1.29, 1.82) is 0 Å². The zero-order chi connectivity index (χ0) is 18.2. The van der Waals surface area contributed by atoms with Crippen molar-refractivity contribution < 1.29 is 14.3 Å². The highest BCUT2D eigenvalue weighted by atomic mass is 16.5. The Labute approximate surface area is 146 Å². The molecule has 1 rings (SSSR count). The van der Waals surface area contributed by atoms with E-state index in [9.17, 15) is 4.79 Å². The van der Waals surface area contributed by atoms with Crippen LogP contribution < -0.4 is 10.1 Å². The lowest BCUT2D eigenvalue weighted by Gasteiger charge is -2.29. The van der Waals surface area contributed by atoms with Gasteiger partial charge in [-0.25, -0.2) is 0 Å². The summed E-state index contributed by atoms with van der Waals surface area (Å²) in [7, 11) is 0. The first-order valence-electron chi connectivity index (χ1n) is 8.49. The number of ether oxygens (including phenoxy) is 2. The van der Waals surface area contributed by atoms with Gasteiger partial charge >= 0.3 is 0 Å². The van der Waals surface area contributed by atoms with Crippen molar-refractivity contribution in [2.24, 2.45) is 0 Å². The number of benzene rings is 1. The predicted molar refractivity (Wildman–Crippen MR) is 98.6 cm³/mol. The van der Waals surface area contributed by atoms with Crippen LogP contribution in [0.5, 0.6) is 5.75 Å². The van der Waals surface area contributed by atoms with Crippen molar-refractivity contribution in [3.8, 4) is 5.75 Å². The van der Waals surface area contributed by atoms with Crippen LogP contribution in [0.15, 0.2) is 36.9 Å². The van der Waals surface area contributed by atoms with Crippen molar-refractivity contribution in [1.82, 2.24) is 5.32 Å². The number of hydrogen-bond acceptors (Lipinski definition) is 3. The lowest BCUT2D eigenvalue weighted by Crippen LogP contribution is -2.44. The molecular weight excluding hydrogens is 302 g/mol. The van der Waals surface area contributed by atoms with Crippen LogP contribution in [0.3, 0.4) is 0 Å². The summed E-state index contributed by atoms with van der Waals surface area (Å²) in [4.78, 5) is 12.4. The first kappa shape index (κ1) is 20.2. The molecule has 0 atom stereocenters. The molecule has 0 bridgehead atoms. The van der Waals surface area contributed by atoms with E-state index in [1.165, 1.54) is 0 Å². The Morgan fingerprint density at radius 3 is 2.38 bits per heavy atom. The van der Waals surface area contributed by atoms with Gasteiger partial charge in [0.2, 0.25) is 0 Å². The molecule has 1 aromatic rings. The number of carbonyl (C=O) groups is 1. The molecule has 4 nitrogen and oxygen atoms in total. The summed E-state index contributed by atoms with van der Waals surface area (Å²) in [5.41, 5.74) is 0.157. The average molecular weight is 333 g/mol. The normalized spacial score (nSPS) is 11.9. The van der Waals surface area contributed by atoms with Crippen LogP contribution in [0.1, 0.15) is 57.8 Å². The van der Waals surface area contributed by atoms with Gasteiger partial charge in [-0.2, -0.15) is 0 Å². The van der Waals surface area contributed by atoms with Gasteiger partial charge in [-0.3, -0.25) is 4.79 Å². The third-order valence-electron chi connectivity index (χ3n) is 4.01. The first-order chi connectivity index (χ1) is 11.2. The molecule has 0 saturated carbocycles. The summed E-state index contributed by atoms with van der Waals surface area (Å²) in [6.45, 7) is 15.0. The quantitative estimate of drug-likeness (QED) is 0.647. The molecule has 1 N–H and O–H groups in total. The third-order valence-corrected chi connectivity index (χ3v) is 4.01. The number of nitrogens with one attached hydrogen (secondary N) is 1. The molecular formula is C20H31NO3. The molecule has 0 aliphatic carbocycles. The summed E-state index contributed by atoms with van der Waals surface area (Å²) in [6.07, 6.45) is 3.40. The Morgan fingerprint density at radius 1 is 1.21 bits per heavy atom. The lowest BCUT2D eigenvalue weighted by molar-refractivity contribution is -0.0271. The second kappa shape index (κ2) is 8.88. The zero-order valence-electron chi connectivity index (χ0n) is 15.6. The molecule has 1 amide bonds. The molecule has 4 heteroatoms. The fraction of sp³-hybridized carbons (Fsp3) is 0.550. The number of hydrogen-bond donors (Lipinski definition) is 1. The van der Waals surface area contributed by atoms with E-state index in [2.05, 4.69) is 32.7 Å². The zero-order valence-corrected chi connectivity index (χ0v) is 15.6. The van der Waals surface area contributed by atoms with Crippen molar-refractivity contribution in [3.63, 3.8) is 0 Å². The first-order valence-corrected chi connectivity index (χ1v) is 8.49. The molecule has 0 saturated heterocycles. The molecule has 0 aliphatic heterocycles. The second-order valence-electron chi connectivity index (χ2n) is 7.17. The molecule has 1 aromatic carbocycles. The minimum Gasteiger partial charge on any atom is -0.490 e. The second-order valence-corrected chi connectivity index (χ2v) is 7.17. The van der Waals surface area contributed by atoms with Gasteiger partial charge in [0.1, 0.15) is 12.4 Å². The summed E-state index contributed by atoms with van der Waals surface area (Å²) < 4.78 is 11.3. The molecule has 134 valence electrons. The van der Waals surface area contributed by atoms with Crippen molar-refractivity contribution in [3.05, 3.63) is 42.5 Å². The SMILES string of the molecule is C=CCOc1ccc(C(=O)NC(C)(C)CCOC(C)(C)CC)cc1. The van der Waals surface area contributed by atoms with Gasteiger partial charge in [0, 0.05) is 17.7 Å². The average Bonchev–Trinajstić information content (AvgIpc) is 2.52. The van der Waals surface area contributed by atoms with Crippen LogP contribution in [-0.4, -0.2) is 30.3 Å². The highest BCUT2D eigenvalue weighted by molar-refractivity contribution is 5.94. The van der Waals surface area contributed by atoms with Crippen LogP contribution in [0.2, 0.25) is 0 Å². The highest BCUT2D eigenvalue weighted by Gasteiger charge is 2.23. The Bertz CT molecular complexity index is 532. The fourth-order valence-electron chi connectivity index (χ4n) is 1.98. The molecule has 0 spiro atoms. The van der Waals surface area contributed by atoms with Crippen LogP contribution >= 0.6 is 0 Å². The summed E-state index contributed by atoms with van der Waals surface area (Å²) >= 11 is 0. The van der Waals surface area contributed by atoms with Gasteiger partial charge in [0.05, 0.1) is 5.60 Å². The van der Waals surface area contributed by atoms with Crippen LogP contribution in [0, 0.1) is 0 Å². The van der Waals surface area contributed by atoms with E-state index in [-0.39, 0.29) is 17.0 Å². The Morgan fingerprint density at radius 2 is 1.83 bits per heavy atom. The smallest absolute Gasteiger partial charge is 0.251 e. The Kier molecular flexibility index (Phi) is 7.49. The van der Waals surface area contributed by atoms with Gasteiger partial charge in [0.15, 0.2) is 0 Å². The molecule has 0 heterocycles. The Hall–Kier alpha value is -1.81. The molecule has 0 radical (unpaired) electrons. The van der Waals surface area contributed by atoms with E-state index < -0.39 is 0 Å². The minimum atomic E-state index is -0.334. The number of carbonyl (C=O) groups excluding carboxylic acids is 1. The number of rotatable bonds is 10. The monoisotopic (exact) mass is 333 g/mol. The molecule has 0 aliphatic rings. The fourth-order valence-corrected chi connectivity index (χ4v) is 1.98. The minimum absolute atomic E-state index is 0.0926. The van der Waals surface area contributed by atoms with Gasteiger partial charge in [0.25, 0.3) is 5.91 Å². The van der Waals surface area contributed by atoms with Crippen molar-refractivity contribution >= 4 is 5.91 Å². The number of amides is 1. The highest BCUT2D eigenvalue weighted by Crippen LogP contribution is 2.18. The van der Waals surface area contributed by atoms with E-state index >= 15 is 0 Å². The van der Waals surface area contributed by atoms with Crippen LogP contribution in [0.25, 0.3) is 0 Å². The maximum Gasteiger partial charge on any atom is 0.251 e. The summed E-state index contributed by atoms with van der Waals surface area (Å²) in [6, 6.07) is 7.11.